The molecule has 0 unspecified atom stereocenters. The van der Waals surface area contributed by atoms with E-state index >= 15 is 0 Å². The van der Waals surface area contributed by atoms with Crippen molar-refractivity contribution in [3.63, 3.8) is 0 Å². The summed E-state index contributed by atoms with van der Waals surface area (Å²) in [6.07, 6.45) is 0. The summed E-state index contributed by atoms with van der Waals surface area (Å²) in [5.74, 6) is -0.155. The van der Waals surface area contributed by atoms with E-state index in [4.69, 9.17) is 11.6 Å². The Balaban J connectivity index is 2.22. The minimum Gasteiger partial charge on any atom is -0.508 e. The zero-order valence-corrected chi connectivity index (χ0v) is 11.3. The summed E-state index contributed by atoms with van der Waals surface area (Å²) < 4.78 is 0. The van der Waals surface area contributed by atoms with Gasteiger partial charge in [0, 0.05) is 23.0 Å². The van der Waals surface area contributed by atoms with Crippen LogP contribution in [0.2, 0.25) is 5.15 Å². The zero-order chi connectivity index (χ0) is 14.0. The van der Waals surface area contributed by atoms with Crippen LogP contribution in [-0.2, 0) is 0 Å². The molecule has 5 heteroatoms. The van der Waals surface area contributed by atoms with Crippen molar-refractivity contribution in [3.05, 3.63) is 52.3 Å². The summed E-state index contributed by atoms with van der Waals surface area (Å²) >= 11 is 5.81. The molecule has 0 saturated heterocycles. The van der Waals surface area contributed by atoms with Crippen molar-refractivity contribution in [2.45, 2.75) is 13.8 Å². The number of nitrogens with zero attached hydrogens (tertiary/aromatic N) is 1. The third kappa shape index (κ3) is 3.23. The molecule has 2 rings (SSSR count). The molecule has 1 amide bonds. The first-order valence-corrected chi connectivity index (χ1v) is 6.08. The van der Waals surface area contributed by atoms with Gasteiger partial charge in [-0.15, -0.1) is 0 Å². The Bertz CT molecular complexity index is 621. The monoisotopic (exact) mass is 276 g/mol. The van der Waals surface area contributed by atoms with Crippen molar-refractivity contribution in [2.75, 3.05) is 5.32 Å². The smallest absolute Gasteiger partial charge is 0.255 e. The van der Waals surface area contributed by atoms with Gasteiger partial charge in [-0.05, 0) is 37.6 Å². The van der Waals surface area contributed by atoms with Crippen LogP contribution in [-0.4, -0.2) is 16.0 Å². The quantitative estimate of drug-likeness (QED) is 0.827. The lowest BCUT2D eigenvalue weighted by molar-refractivity contribution is 0.102. The van der Waals surface area contributed by atoms with Crippen LogP contribution in [0.3, 0.4) is 0 Å². The average molecular weight is 277 g/mol. The summed E-state index contributed by atoms with van der Waals surface area (Å²) in [5.41, 5.74) is 2.38. The molecule has 1 aromatic carbocycles. The van der Waals surface area contributed by atoms with Crippen molar-refractivity contribution in [2.24, 2.45) is 0 Å². The molecule has 0 spiro atoms. The van der Waals surface area contributed by atoms with Crippen LogP contribution in [0.15, 0.2) is 30.3 Å². The van der Waals surface area contributed by atoms with Crippen molar-refractivity contribution in [3.8, 4) is 5.75 Å². The van der Waals surface area contributed by atoms with E-state index in [-0.39, 0.29) is 16.8 Å². The van der Waals surface area contributed by atoms with E-state index in [1.165, 1.54) is 12.1 Å². The number of phenolic OH excluding ortho intramolecular Hbond substituents is 1. The maximum absolute atomic E-state index is 12.0. The van der Waals surface area contributed by atoms with Crippen LogP contribution < -0.4 is 5.32 Å². The normalized spacial score (nSPS) is 10.3. The fourth-order valence-electron chi connectivity index (χ4n) is 1.65. The molecule has 4 nitrogen and oxygen atoms in total. The predicted molar refractivity (Wildman–Crippen MR) is 74.8 cm³/mol. The number of hydrogen-bond acceptors (Lipinski definition) is 3. The van der Waals surface area contributed by atoms with Gasteiger partial charge in [-0.3, -0.25) is 4.79 Å². The van der Waals surface area contributed by atoms with Gasteiger partial charge in [-0.25, -0.2) is 4.98 Å². The van der Waals surface area contributed by atoms with E-state index in [1.54, 1.807) is 32.0 Å². The van der Waals surface area contributed by atoms with Gasteiger partial charge in [0.2, 0.25) is 0 Å². The summed E-state index contributed by atoms with van der Waals surface area (Å²) in [7, 11) is 0. The Morgan fingerprint density at radius 1 is 1.26 bits per heavy atom. The number of amides is 1. The highest BCUT2D eigenvalue weighted by Gasteiger charge is 2.09. The lowest BCUT2D eigenvalue weighted by atomic mass is 10.2. The highest BCUT2D eigenvalue weighted by atomic mass is 35.5. The van der Waals surface area contributed by atoms with E-state index in [0.29, 0.717) is 16.9 Å². The molecule has 0 fully saturated rings. The summed E-state index contributed by atoms with van der Waals surface area (Å²) in [5, 5.41) is 12.6. The number of aromatic hydroxyl groups is 1. The van der Waals surface area contributed by atoms with Crippen molar-refractivity contribution >= 4 is 23.2 Å². The molecular formula is C14H13ClN2O2. The molecule has 0 radical (unpaired) electrons. The van der Waals surface area contributed by atoms with Gasteiger partial charge in [0.25, 0.3) is 5.91 Å². The molecule has 0 aliphatic carbocycles. The number of phenols is 1. The van der Waals surface area contributed by atoms with Gasteiger partial charge in [-0.2, -0.15) is 0 Å². The zero-order valence-electron chi connectivity index (χ0n) is 10.6. The number of nitrogens with one attached hydrogen (secondary N) is 1. The number of aryl methyl sites for hydroxylation is 2. The molecule has 98 valence electrons. The maximum atomic E-state index is 12.0. The van der Waals surface area contributed by atoms with Crippen molar-refractivity contribution in [1.82, 2.24) is 4.98 Å². The molecule has 1 aromatic heterocycles. The van der Waals surface area contributed by atoms with Crippen LogP contribution in [0.4, 0.5) is 5.69 Å². The number of benzene rings is 1. The minimum atomic E-state index is -0.296. The summed E-state index contributed by atoms with van der Waals surface area (Å²) in [4.78, 5) is 16.0. The van der Waals surface area contributed by atoms with Crippen molar-refractivity contribution < 1.29 is 9.90 Å². The molecule has 0 atom stereocenters. The van der Waals surface area contributed by atoms with E-state index in [9.17, 15) is 9.90 Å². The van der Waals surface area contributed by atoms with Crippen LogP contribution >= 0.6 is 11.6 Å². The third-order valence-corrected chi connectivity index (χ3v) is 2.84. The number of anilines is 1. The van der Waals surface area contributed by atoms with Gasteiger partial charge in [0.1, 0.15) is 10.9 Å². The van der Waals surface area contributed by atoms with Gasteiger partial charge < -0.3 is 10.4 Å². The first kappa shape index (κ1) is 13.4. The number of carbonyl (C=O) groups excluding carboxylic acids is 1. The first-order chi connectivity index (χ1) is 8.95. The predicted octanol–water partition coefficient (Wildman–Crippen LogP) is 3.31. The van der Waals surface area contributed by atoms with Crippen LogP contribution in [0.5, 0.6) is 5.75 Å². The minimum absolute atomic E-state index is 0.141. The summed E-state index contributed by atoms with van der Waals surface area (Å²) in [6, 6.07) is 8.11. The van der Waals surface area contributed by atoms with Crippen LogP contribution in [0, 0.1) is 13.8 Å². The second kappa shape index (κ2) is 5.28. The number of halogens is 1. The van der Waals surface area contributed by atoms with Crippen LogP contribution in [0.25, 0.3) is 0 Å². The Hall–Kier alpha value is -2.07. The fourth-order valence-corrected chi connectivity index (χ4v) is 1.90. The Morgan fingerprint density at radius 3 is 2.63 bits per heavy atom. The molecule has 2 aromatic rings. The average Bonchev–Trinajstić information content (AvgIpc) is 2.32. The van der Waals surface area contributed by atoms with Crippen LogP contribution in [0.1, 0.15) is 21.6 Å². The largest absolute Gasteiger partial charge is 0.508 e. The van der Waals surface area contributed by atoms with Gasteiger partial charge in [0.15, 0.2) is 0 Å². The van der Waals surface area contributed by atoms with E-state index < -0.39 is 0 Å². The first-order valence-electron chi connectivity index (χ1n) is 5.71. The summed E-state index contributed by atoms with van der Waals surface area (Å²) in [6.45, 7) is 3.55. The third-order valence-electron chi connectivity index (χ3n) is 2.65. The van der Waals surface area contributed by atoms with E-state index in [0.717, 1.165) is 5.56 Å². The van der Waals surface area contributed by atoms with E-state index in [1.807, 2.05) is 0 Å². The standard InChI is InChI=1S/C14H13ClN2O2/c1-8-3-4-11(7-12(8)18)17-14(19)10-5-9(2)16-13(15)6-10/h3-7,18H,1-2H3,(H,17,19). The highest BCUT2D eigenvalue weighted by Crippen LogP contribution is 2.21. The molecule has 2 N–H and O–H groups in total. The molecule has 19 heavy (non-hydrogen) atoms. The Labute approximate surface area is 116 Å². The molecule has 0 saturated carbocycles. The van der Waals surface area contributed by atoms with E-state index in [2.05, 4.69) is 10.3 Å². The molecule has 0 aliphatic heterocycles. The number of hydrogen-bond donors (Lipinski definition) is 2. The molecule has 1 heterocycles. The SMILES string of the molecule is Cc1cc(C(=O)Nc2ccc(C)c(O)c2)cc(Cl)n1. The van der Waals surface area contributed by atoms with Gasteiger partial charge >= 0.3 is 0 Å². The number of carbonyl (C=O) groups is 1. The van der Waals surface area contributed by atoms with Gasteiger partial charge in [-0.1, -0.05) is 17.7 Å². The second-order valence-corrected chi connectivity index (χ2v) is 4.66. The Kier molecular flexibility index (Phi) is 3.71. The van der Waals surface area contributed by atoms with Crippen molar-refractivity contribution in [1.29, 1.82) is 0 Å². The number of pyridine rings is 1. The highest BCUT2D eigenvalue weighted by molar-refractivity contribution is 6.29. The molecule has 0 aliphatic rings. The molecule has 0 bridgehead atoms. The number of aromatic nitrogens is 1. The Morgan fingerprint density at radius 2 is 2.00 bits per heavy atom. The second-order valence-electron chi connectivity index (χ2n) is 4.28. The number of rotatable bonds is 2. The lowest BCUT2D eigenvalue weighted by Gasteiger charge is -2.07. The van der Waals surface area contributed by atoms with Gasteiger partial charge in [0.05, 0.1) is 0 Å². The molecular weight excluding hydrogens is 264 g/mol. The fraction of sp³-hybridized carbons (Fsp3) is 0.143. The topological polar surface area (TPSA) is 62.2 Å². The lowest BCUT2D eigenvalue weighted by Crippen LogP contribution is -2.12. The maximum Gasteiger partial charge on any atom is 0.255 e.